The lowest BCUT2D eigenvalue weighted by Crippen LogP contribution is -2.37. The summed E-state index contributed by atoms with van der Waals surface area (Å²) in [5, 5.41) is 8.94. The van der Waals surface area contributed by atoms with E-state index in [0.29, 0.717) is 22.8 Å². The Balaban J connectivity index is 1.44. The van der Waals surface area contributed by atoms with E-state index in [1.54, 1.807) is 42.5 Å². The van der Waals surface area contributed by atoms with E-state index in [9.17, 15) is 14.4 Å². The molecule has 0 aliphatic heterocycles. The first-order valence-corrected chi connectivity index (χ1v) is 9.72. The Morgan fingerprint density at radius 1 is 1.03 bits per heavy atom. The van der Waals surface area contributed by atoms with E-state index < -0.39 is 11.8 Å². The van der Waals surface area contributed by atoms with Crippen LogP contribution in [0.3, 0.4) is 0 Å². The molecule has 0 atom stereocenters. The highest BCUT2D eigenvalue weighted by molar-refractivity contribution is 6.35. The molecule has 0 bridgehead atoms. The molecule has 3 rings (SSSR count). The maximum atomic E-state index is 12.1. The number of amides is 3. The molecular weight excluding hydrogens is 412 g/mol. The number of nitrogens with zero attached hydrogens (tertiary/aromatic N) is 1. The first-order valence-electron chi connectivity index (χ1n) is 9.72. The third kappa shape index (κ3) is 7.13. The van der Waals surface area contributed by atoms with E-state index in [1.807, 2.05) is 25.1 Å². The minimum atomic E-state index is -0.909. The van der Waals surface area contributed by atoms with Crippen LogP contribution < -0.4 is 20.8 Å². The summed E-state index contributed by atoms with van der Waals surface area (Å²) in [5.41, 5.74) is 4.49. The molecule has 0 spiro atoms. The highest BCUT2D eigenvalue weighted by atomic mass is 16.5. The number of ether oxygens (including phenoxy) is 1. The molecule has 0 aliphatic carbocycles. The van der Waals surface area contributed by atoms with Crippen LogP contribution in [0.15, 0.2) is 76.4 Å². The number of rotatable bonds is 8. The van der Waals surface area contributed by atoms with Crippen LogP contribution in [0.25, 0.3) is 0 Å². The van der Waals surface area contributed by atoms with Crippen molar-refractivity contribution >= 4 is 29.6 Å². The zero-order valence-electron chi connectivity index (χ0n) is 17.3. The average molecular weight is 434 g/mol. The van der Waals surface area contributed by atoms with Gasteiger partial charge in [-0.2, -0.15) is 5.10 Å². The minimum Gasteiger partial charge on any atom is -0.484 e. The Kier molecular flexibility index (Phi) is 7.74. The summed E-state index contributed by atoms with van der Waals surface area (Å²) < 4.78 is 10.6. The van der Waals surface area contributed by atoms with Crippen molar-refractivity contribution in [1.29, 1.82) is 0 Å². The fourth-order valence-corrected chi connectivity index (χ4v) is 2.63. The van der Waals surface area contributed by atoms with Crippen LogP contribution in [0.4, 0.5) is 5.69 Å². The molecule has 0 radical (unpaired) electrons. The van der Waals surface area contributed by atoms with Crippen LogP contribution in [0, 0.1) is 6.92 Å². The van der Waals surface area contributed by atoms with Crippen molar-refractivity contribution in [2.75, 3.05) is 11.9 Å². The van der Waals surface area contributed by atoms with Crippen LogP contribution in [0.2, 0.25) is 0 Å². The molecule has 3 aromatic rings. The van der Waals surface area contributed by atoms with Gasteiger partial charge in [0.05, 0.1) is 19.0 Å². The molecule has 0 saturated heterocycles. The summed E-state index contributed by atoms with van der Waals surface area (Å²) in [6, 6.07) is 17.6. The molecule has 0 saturated carbocycles. The maximum absolute atomic E-state index is 12.1. The van der Waals surface area contributed by atoms with Gasteiger partial charge >= 0.3 is 11.8 Å². The molecule has 1 heterocycles. The molecule has 32 heavy (non-hydrogen) atoms. The number of furan rings is 1. The molecule has 3 N–H and O–H groups in total. The first kappa shape index (κ1) is 22.3. The monoisotopic (exact) mass is 434 g/mol. The molecule has 164 valence electrons. The smallest absolute Gasteiger partial charge is 0.329 e. The van der Waals surface area contributed by atoms with Gasteiger partial charge in [0.1, 0.15) is 11.5 Å². The summed E-state index contributed by atoms with van der Waals surface area (Å²) in [7, 11) is 0. The van der Waals surface area contributed by atoms with Crippen LogP contribution in [-0.2, 0) is 20.9 Å². The fraction of sp³-hybridized carbons (Fsp3) is 0.130. The van der Waals surface area contributed by atoms with Crippen LogP contribution in [0.5, 0.6) is 5.75 Å². The highest BCUT2D eigenvalue weighted by Gasteiger charge is 2.12. The lowest BCUT2D eigenvalue weighted by molar-refractivity contribution is -0.139. The summed E-state index contributed by atoms with van der Waals surface area (Å²) in [6.45, 7) is 1.87. The summed E-state index contributed by atoms with van der Waals surface area (Å²) in [6.07, 6.45) is 2.83. The van der Waals surface area contributed by atoms with E-state index in [2.05, 4.69) is 21.2 Å². The average Bonchev–Trinajstić information content (AvgIpc) is 3.30. The van der Waals surface area contributed by atoms with Gasteiger partial charge in [0.15, 0.2) is 6.61 Å². The lowest BCUT2D eigenvalue weighted by atomic mass is 10.2. The highest BCUT2D eigenvalue weighted by Crippen LogP contribution is 2.13. The van der Waals surface area contributed by atoms with E-state index in [4.69, 9.17) is 9.15 Å². The Morgan fingerprint density at radius 3 is 2.66 bits per heavy atom. The first-order chi connectivity index (χ1) is 15.5. The normalized spacial score (nSPS) is 10.5. The number of hydrazone groups is 1. The zero-order chi connectivity index (χ0) is 22.8. The van der Waals surface area contributed by atoms with Crippen LogP contribution >= 0.6 is 0 Å². The quantitative estimate of drug-likeness (QED) is 0.285. The Labute approximate surface area is 184 Å². The van der Waals surface area contributed by atoms with Crippen molar-refractivity contribution in [2.24, 2.45) is 5.10 Å². The number of nitrogens with one attached hydrogen (secondary N) is 3. The maximum Gasteiger partial charge on any atom is 0.329 e. The number of carbonyl (C=O) groups excluding carboxylic acids is 3. The van der Waals surface area contributed by atoms with Crippen molar-refractivity contribution in [3.8, 4) is 5.75 Å². The second-order valence-corrected chi connectivity index (χ2v) is 6.74. The molecule has 0 fully saturated rings. The molecule has 9 heteroatoms. The van der Waals surface area contributed by atoms with Gasteiger partial charge in [-0.3, -0.25) is 14.4 Å². The molecule has 0 aliphatic rings. The Hall–Kier alpha value is -4.40. The number of hydrogen-bond donors (Lipinski definition) is 3. The standard InChI is InChI=1S/C23H22N4O5/c1-16-5-2-7-18(11-16)26-21(28)15-32-19-8-3-6-17(12-19)13-25-27-23(30)22(29)24-14-20-9-4-10-31-20/h2-13H,14-15H2,1H3,(H,24,29)(H,26,28)(H,27,30)/b25-13-. The van der Waals surface area contributed by atoms with Gasteiger partial charge < -0.3 is 19.8 Å². The Bertz CT molecular complexity index is 1110. The lowest BCUT2D eigenvalue weighted by Gasteiger charge is -2.08. The second-order valence-electron chi connectivity index (χ2n) is 6.74. The van der Waals surface area contributed by atoms with Gasteiger partial charge in [0, 0.05) is 5.69 Å². The largest absolute Gasteiger partial charge is 0.484 e. The second kappa shape index (κ2) is 11.1. The predicted molar refractivity (Wildman–Crippen MR) is 118 cm³/mol. The predicted octanol–water partition coefficient (Wildman–Crippen LogP) is 2.37. The number of hydrogen-bond acceptors (Lipinski definition) is 6. The van der Waals surface area contributed by atoms with Crippen molar-refractivity contribution in [1.82, 2.24) is 10.7 Å². The topological polar surface area (TPSA) is 122 Å². The molecule has 2 aromatic carbocycles. The van der Waals surface area contributed by atoms with Crippen LogP contribution in [0.1, 0.15) is 16.9 Å². The van der Waals surface area contributed by atoms with Gasteiger partial charge in [-0.05, 0) is 54.4 Å². The van der Waals surface area contributed by atoms with Crippen LogP contribution in [-0.4, -0.2) is 30.5 Å². The van der Waals surface area contributed by atoms with Crippen molar-refractivity contribution < 1.29 is 23.5 Å². The van der Waals surface area contributed by atoms with Gasteiger partial charge in [0.25, 0.3) is 5.91 Å². The van der Waals surface area contributed by atoms with E-state index in [1.165, 1.54) is 12.5 Å². The molecule has 0 unspecified atom stereocenters. The van der Waals surface area contributed by atoms with Gasteiger partial charge in [0.2, 0.25) is 0 Å². The summed E-state index contributed by atoms with van der Waals surface area (Å²) in [4.78, 5) is 35.6. The molecule has 9 nitrogen and oxygen atoms in total. The van der Waals surface area contributed by atoms with Crippen molar-refractivity contribution in [2.45, 2.75) is 13.5 Å². The van der Waals surface area contributed by atoms with E-state index >= 15 is 0 Å². The minimum absolute atomic E-state index is 0.0970. The van der Waals surface area contributed by atoms with E-state index in [0.717, 1.165) is 5.56 Å². The number of anilines is 1. The number of carbonyl (C=O) groups is 3. The van der Waals surface area contributed by atoms with Crippen molar-refractivity contribution in [3.05, 3.63) is 83.8 Å². The van der Waals surface area contributed by atoms with Gasteiger partial charge in [-0.15, -0.1) is 0 Å². The third-order valence-corrected chi connectivity index (χ3v) is 4.12. The fourth-order valence-electron chi connectivity index (χ4n) is 2.63. The number of aryl methyl sites for hydroxylation is 1. The summed E-state index contributed by atoms with van der Waals surface area (Å²) >= 11 is 0. The zero-order valence-corrected chi connectivity index (χ0v) is 17.3. The molecule has 3 amide bonds. The number of benzene rings is 2. The van der Waals surface area contributed by atoms with Gasteiger partial charge in [-0.25, -0.2) is 5.43 Å². The molecule has 1 aromatic heterocycles. The van der Waals surface area contributed by atoms with Gasteiger partial charge in [-0.1, -0.05) is 24.3 Å². The summed E-state index contributed by atoms with van der Waals surface area (Å²) in [5.74, 6) is -1.05. The third-order valence-electron chi connectivity index (χ3n) is 4.12. The van der Waals surface area contributed by atoms with E-state index in [-0.39, 0.29) is 19.1 Å². The SMILES string of the molecule is Cc1cccc(NC(=O)COc2cccc(/C=N\NC(=O)C(=O)NCc3ccco3)c2)c1. The molecular formula is C23H22N4O5. The Morgan fingerprint density at radius 2 is 1.88 bits per heavy atom. The van der Waals surface area contributed by atoms with Crippen molar-refractivity contribution in [3.63, 3.8) is 0 Å².